The van der Waals surface area contributed by atoms with Crippen LogP contribution in [0.3, 0.4) is 0 Å². The molecule has 2 fully saturated rings. The summed E-state index contributed by atoms with van der Waals surface area (Å²) in [6.45, 7) is 3.35. The van der Waals surface area contributed by atoms with Gasteiger partial charge in [-0.3, -0.25) is 38.5 Å². The summed E-state index contributed by atoms with van der Waals surface area (Å²) in [5.74, 6) is -6.09. The molecule has 31 heteroatoms. The van der Waals surface area contributed by atoms with Crippen LogP contribution in [0, 0.1) is 5.92 Å². The van der Waals surface area contributed by atoms with E-state index in [0.717, 1.165) is 0 Å². The number of carboxylic acids is 2. The van der Waals surface area contributed by atoms with Gasteiger partial charge in [0.2, 0.25) is 35.2 Å². The van der Waals surface area contributed by atoms with Crippen LogP contribution in [0.25, 0.3) is 11.2 Å². The molecule has 0 spiro atoms. The molecular weight excluding hydrogens is 1060 g/mol. The molecule has 0 saturated carbocycles. The molecule has 2 saturated heterocycles. The van der Waals surface area contributed by atoms with Gasteiger partial charge in [-0.25, -0.2) is 29.8 Å². The fourth-order valence-corrected chi connectivity index (χ4v) is 11.0. The van der Waals surface area contributed by atoms with E-state index in [9.17, 15) is 58.2 Å². The molecule has 5 heterocycles. The first-order valence-corrected chi connectivity index (χ1v) is 26.7. The summed E-state index contributed by atoms with van der Waals surface area (Å²) in [6.07, 6.45) is -0.391. The number of hydrogen-bond acceptors (Lipinski definition) is 23. The van der Waals surface area contributed by atoms with Gasteiger partial charge in [-0.15, -0.1) is 0 Å². The molecule has 1 aromatic carbocycles. The number of nitrogens with zero attached hydrogens (tertiary/aromatic N) is 5. The molecule has 416 valence electrons. The number of carbonyl (C=O) groups is 9. The lowest BCUT2D eigenvalue weighted by atomic mass is 9.82. The predicted octanol–water partition coefficient (Wildman–Crippen LogP) is -1.41. The average Bonchev–Trinajstić information content (AvgIpc) is 3.33. The molecule has 1 aliphatic carbocycles. The first kappa shape index (κ1) is 57.5. The van der Waals surface area contributed by atoms with Crippen LogP contribution in [-0.2, 0) is 49.6 Å². The number of nitrogens with one attached hydrogen (secondary N) is 8. The van der Waals surface area contributed by atoms with Crippen LogP contribution in [-0.4, -0.2) is 169 Å². The number of nitrogen functional groups attached to an aromatic ring is 1. The molecule has 7 rings (SSSR count). The van der Waals surface area contributed by atoms with Crippen molar-refractivity contribution in [1.29, 1.82) is 0 Å². The normalized spacial score (nSPS) is 20.0. The highest BCUT2D eigenvalue weighted by Gasteiger charge is 2.72. The number of benzene rings is 1. The zero-order chi connectivity index (χ0) is 56.4. The van der Waals surface area contributed by atoms with Gasteiger partial charge in [0.05, 0.1) is 41.8 Å². The third-order valence-corrected chi connectivity index (χ3v) is 15.4. The smallest absolute Gasteiger partial charge is 0.404 e. The standard InChI is InChI=1S/C47H57N15O14S2/c1-21(60-61-32(65)12-14-77-78-15-13-50-34-22(2)37(66)36-33(38(34)67)26(20-76-46(49)74)47(75-3)39-29(56-39)19-62(36)47)4-10-30(63)52-18-28(44(72)73)55-31(64)11-9-27(43(70)71)57-41(68)23-5-7-24(8-6-23)51-16-25-17-53-40-35(54-25)42(69)59-45(48)58-40/h5-8,17,26-29,39,50-51,56H,4,9-16,18-20H2,1-3H3,(H2,49,74)(H,52,63)(H,55,64)(H,57,68)(H,61,65)(H,70,71)(H,72,73)(H3,48,53,58,59,69)/b60-21+/t26-,27?,28?,29?,39+,47-/m1/s1. The van der Waals surface area contributed by atoms with E-state index < -0.39 is 84.4 Å². The number of Topliss-reactive ketones (excluding diaryl/α,β-unsaturated/α-hetero) is 2. The van der Waals surface area contributed by atoms with Crippen molar-refractivity contribution in [2.75, 3.05) is 55.9 Å². The molecular formula is C47H57N15O14S2. The SMILES string of the molecule is CO[C@@]12[C@H](COC(N)=O)C3=C(C(=O)C(C)=C(NCCSSCCC(=O)N/N=C(\C)CCC(=O)NCC(NC(=O)CCC(NC(=O)c4ccc(NCc5cnc6nc(N)[nH]c(=O)c6n5)cc4)C(=O)O)C(=O)O)C3=O)N1CC1N[C@@H]12. The minimum atomic E-state index is -1.57. The number of hydrazone groups is 1. The Morgan fingerprint density at radius 1 is 0.923 bits per heavy atom. The average molecular weight is 1120 g/mol. The lowest BCUT2D eigenvalue weighted by Crippen LogP contribution is -2.55. The van der Waals surface area contributed by atoms with Crippen LogP contribution in [0.1, 0.15) is 62.0 Å². The van der Waals surface area contributed by atoms with Gasteiger partial charge in [-0.2, -0.15) is 10.1 Å². The fourth-order valence-electron chi connectivity index (χ4n) is 9.07. The van der Waals surface area contributed by atoms with E-state index in [-0.39, 0.29) is 107 Å². The number of hydrogen-bond donors (Lipinski definition) is 12. The summed E-state index contributed by atoms with van der Waals surface area (Å²) < 4.78 is 11.2. The molecule has 29 nitrogen and oxygen atoms in total. The van der Waals surface area contributed by atoms with E-state index in [4.69, 9.17) is 20.9 Å². The number of rotatable bonds is 28. The number of carbonyl (C=O) groups excluding carboxylic acids is 7. The molecule has 3 aromatic rings. The van der Waals surface area contributed by atoms with Crippen LogP contribution in [0.2, 0.25) is 0 Å². The van der Waals surface area contributed by atoms with Gasteiger partial charge >= 0.3 is 18.0 Å². The monoisotopic (exact) mass is 1120 g/mol. The minimum absolute atomic E-state index is 0.00481. The molecule has 6 atom stereocenters. The summed E-state index contributed by atoms with van der Waals surface area (Å²) >= 11 is 0. The number of anilines is 2. The van der Waals surface area contributed by atoms with Crippen molar-refractivity contribution in [3.63, 3.8) is 0 Å². The number of aliphatic carboxylic acids is 2. The molecule has 0 radical (unpaired) electrons. The van der Waals surface area contributed by atoms with E-state index in [0.29, 0.717) is 41.7 Å². The maximum Gasteiger partial charge on any atom is 0.404 e. The molecule has 2 aromatic heterocycles. The van der Waals surface area contributed by atoms with E-state index in [1.54, 1.807) is 26.0 Å². The fraction of sp³-hybridized carbons (Fsp3) is 0.447. The van der Waals surface area contributed by atoms with Crippen molar-refractivity contribution in [3.8, 4) is 0 Å². The van der Waals surface area contributed by atoms with Crippen LogP contribution >= 0.6 is 21.6 Å². The van der Waals surface area contributed by atoms with Crippen LogP contribution in [0.15, 0.2) is 62.9 Å². The quantitative estimate of drug-likeness (QED) is 0.00993. The van der Waals surface area contributed by atoms with Gasteiger partial charge in [0.15, 0.2) is 16.9 Å². The first-order chi connectivity index (χ1) is 37.2. The number of methoxy groups -OCH3 is 1. The number of ketones is 2. The maximum absolute atomic E-state index is 14.0. The van der Waals surface area contributed by atoms with Gasteiger partial charge in [-0.05, 0) is 51.0 Å². The second-order valence-electron chi connectivity index (χ2n) is 18.2. The van der Waals surface area contributed by atoms with Crippen molar-refractivity contribution in [1.82, 2.24) is 56.8 Å². The van der Waals surface area contributed by atoms with Crippen molar-refractivity contribution in [2.24, 2.45) is 16.8 Å². The number of piperazine rings is 1. The summed E-state index contributed by atoms with van der Waals surface area (Å²) in [5, 5.41) is 39.9. The highest BCUT2D eigenvalue weighted by Crippen LogP contribution is 2.55. The highest BCUT2D eigenvalue weighted by molar-refractivity contribution is 8.76. The molecule has 5 amide bonds. The second-order valence-corrected chi connectivity index (χ2v) is 20.9. The largest absolute Gasteiger partial charge is 0.480 e. The van der Waals surface area contributed by atoms with Crippen molar-refractivity contribution in [3.05, 3.63) is 74.6 Å². The molecule has 14 N–H and O–H groups in total. The number of primary amides is 1. The van der Waals surface area contributed by atoms with Gasteiger partial charge in [0.1, 0.15) is 18.7 Å². The Labute approximate surface area is 451 Å². The van der Waals surface area contributed by atoms with Gasteiger partial charge in [0.25, 0.3) is 11.5 Å². The molecule has 3 unspecified atom stereocenters. The topological polar surface area (TPSA) is 446 Å². The summed E-state index contributed by atoms with van der Waals surface area (Å²) in [7, 11) is 4.35. The van der Waals surface area contributed by atoms with E-state index in [1.807, 2.05) is 4.90 Å². The summed E-state index contributed by atoms with van der Waals surface area (Å²) in [5.41, 5.74) is 14.0. The lowest BCUT2D eigenvalue weighted by Gasteiger charge is -2.39. The van der Waals surface area contributed by atoms with E-state index in [1.165, 1.54) is 47.0 Å². The van der Waals surface area contributed by atoms with Crippen molar-refractivity contribution >= 4 is 103 Å². The van der Waals surface area contributed by atoms with Crippen LogP contribution in [0.4, 0.5) is 16.4 Å². The number of aromatic amines is 1. The van der Waals surface area contributed by atoms with Crippen LogP contribution < -0.4 is 54.4 Å². The lowest BCUT2D eigenvalue weighted by molar-refractivity contribution is -0.142. The second kappa shape index (κ2) is 25.3. The Morgan fingerprint density at radius 3 is 2.36 bits per heavy atom. The Morgan fingerprint density at radius 2 is 1.65 bits per heavy atom. The van der Waals surface area contributed by atoms with Crippen molar-refractivity contribution < 1.29 is 62.8 Å². The number of ether oxygens (including phenoxy) is 2. The third kappa shape index (κ3) is 13.5. The minimum Gasteiger partial charge on any atom is -0.480 e. The Bertz CT molecular complexity index is 3060. The van der Waals surface area contributed by atoms with Gasteiger partial charge in [-0.1, -0.05) is 21.6 Å². The maximum atomic E-state index is 14.0. The van der Waals surface area contributed by atoms with Gasteiger partial charge < -0.3 is 68.0 Å². The summed E-state index contributed by atoms with van der Waals surface area (Å²) in [4.78, 5) is 142. The molecule has 3 aliphatic heterocycles. The first-order valence-electron chi connectivity index (χ1n) is 24.3. The Hall–Kier alpha value is -8.16. The summed E-state index contributed by atoms with van der Waals surface area (Å²) in [6, 6.07) is 2.78. The number of H-pyrrole nitrogens is 1. The van der Waals surface area contributed by atoms with E-state index >= 15 is 0 Å². The highest BCUT2D eigenvalue weighted by atomic mass is 33.1. The number of carboxylic acid groups (broad SMARTS) is 2. The predicted molar refractivity (Wildman–Crippen MR) is 281 cm³/mol. The Balaban J connectivity index is 0.751. The number of allylic oxidation sites excluding steroid dienone is 2. The third-order valence-electron chi connectivity index (χ3n) is 13.0. The number of fused-ring (bicyclic) bond motifs is 5. The van der Waals surface area contributed by atoms with Crippen LogP contribution in [0.5, 0.6) is 0 Å². The zero-order valence-corrected chi connectivity index (χ0v) is 43.9. The molecule has 4 aliphatic rings. The number of aromatic nitrogens is 4. The van der Waals surface area contributed by atoms with Crippen molar-refractivity contribution in [2.45, 2.75) is 82.4 Å². The molecule has 0 bridgehead atoms. The van der Waals surface area contributed by atoms with E-state index in [2.05, 4.69) is 62.4 Å². The Kier molecular flexibility index (Phi) is 18.7. The molecule has 78 heavy (non-hydrogen) atoms. The number of amides is 5. The number of nitrogens with two attached hydrogens (primary N) is 2. The zero-order valence-electron chi connectivity index (χ0n) is 42.3. The van der Waals surface area contributed by atoms with Gasteiger partial charge in [0, 0.05) is 91.7 Å².